The summed E-state index contributed by atoms with van der Waals surface area (Å²) in [6.07, 6.45) is 3.19. The number of carbonyl (C=O) groups is 2. The van der Waals surface area contributed by atoms with Crippen LogP contribution in [0.2, 0.25) is 20.1 Å². The van der Waals surface area contributed by atoms with Crippen molar-refractivity contribution in [2.45, 2.75) is 12.6 Å². The fraction of sp³-hybridized carbons (Fsp3) is 0.125. The average molecular weight is 538 g/mol. The summed E-state index contributed by atoms with van der Waals surface area (Å²) >= 11 is 24.7. The molecule has 0 bridgehead atoms. The number of nitrogens with zero attached hydrogens (tertiary/aromatic N) is 2. The van der Waals surface area contributed by atoms with Crippen LogP contribution in [0, 0.1) is 0 Å². The second kappa shape index (κ2) is 9.84. The van der Waals surface area contributed by atoms with Gasteiger partial charge < -0.3 is 14.7 Å². The minimum Gasteiger partial charge on any atom is -0.507 e. The minimum atomic E-state index is -0.975. The van der Waals surface area contributed by atoms with E-state index in [2.05, 4.69) is 4.98 Å². The maximum atomic E-state index is 13.2. The third kappa shape index (κ3) is 4.46. The Morgan fingerprint density at radius 3 is 2.47 bits per heavy atom. The van der Waals surface area contributed by atoms with Gasteiger partial charge in [0.1, 0.15) is 11.5 Å². The van der Waals surface area contributed by atoms with Crippen LogP contribution in [0.25, 0.3) is 5.76 Å². The number of hydrogen-bond donors (Lipinski definition) is 1. The predicted octanol–water partition coefficient (Wildman–Crippen LogP) is 6.33. The Bertz CT molecular complexity index is 1330. The van der Waals surface area contributed by atoms with Crippen molar-refractivity contribution < 1.29 is 19.4 Å². The Kier molecular flexibility index (Phi) is 7.05. The zero-order chi connectivity index (χ0) is 24.6. The van der Waals surface area contributed by atoms with Gasteiger partial charge in [-0.15, -0.1) is 0 Å². The first-order valence-electron chi connectivity index (χ1n) is 9.88. The van der Waals surface area contributed by atoms with Crippen molar-refractivity contribution in [3.8, 4) is 5.75 Å². The normalized spacial score (nSPS) is 17.3. The first-order valence-corrected chi connectivity index (χ1v) is 11.4. The van der Waals surface area contributed by atoms with Gasteiger partial charge in [-0.3, -0.25) is 14.6 Å². The second-order valence-electron chi connectivity index (χ2n) is 7.43. The molecule has 1 N–H and O–H groups in total. The zero-order valence-electron chi connectivity index (χ0n) is 17.6. The molecule has 34 heavy (non-hydrogen) atoms. The van der Waals surface area contributed by atoms with Crippen LogP contribution in [0.4, 0.5) is 0 Å². The molecule has 1 saturated heterocycles. The lowest BCUT2D eigenvalue weighted by Gasteiger charge is -2.26. The van der Waals surface area contributed by atoms with E-state index in [0.717, 1.165) is 0 Å². The summed E-state index contributed by atoms with van der Waals surface area (Å²) in [5, 5.41) is 12.2. The molecule has 2 heterocycles. The molecule has 6 nitrogen and oxygen atoms in total. The third-order valence-electron chi connectivity index (χ3n) is 5.34. The number of benzene rings is 2. The molecule has 174 valence electrons. The summed E-state index contributed by atoms with van der Waals surface area (Å²) in [5.74, 6) is -2.05. The van der Waals surface area contributed by atoms with Crippen molar-refractivity contribution in [3.05, 3.63) is 97.2 Å². The number of amides is 1. The Morgan fingerprint density at radius 2 is 1.82 bits per heavy atom. The molecular weight excluding hydrogens is 522 g/mol. The number of likely N-dealkylation sites (tertiary alicyclic amines) is 1. The van der Waals surface area contributed by atoms with Gasteiger partial charge in [0.25, 0.3) is 11.7 Å². The predicted molar refractivity (Wildman–Crippen MR) is 132 cm³/mol. The molecule has 1 aliphatic heterocycles. The summed E-state index contributed by atoms with van der Waals surface area (Å²) in [6, 6.07) is 10.1. The number of aliphatic hydroxyl groups is 1. The minimum absolute atomic E-state index is 0.0630. The van der Waals surface area contributed by atoms with E-state index in [1.165, 1.54) is 24.1 Å². The highest BCUT2D eigenvalue weighted by Gasteiger charge is 2.46. The Hall–Kier alpha value is -2.77. The van der Waals surface area contributed by atoms with Crippen LogP contribution in [0.15, 0.2) is 60.4 Å². The van der Waals surface area contributed by atoms with Gasteiger partial charge in [-0.2, -0.15) is 0 Å². The molecule has 4 rings (SSSR count). The SMILES string of the molecule is COc1c(Cl)cc(Cl)cc1/C(O)=C1\C(=O)C(=O)N(Cc2cccnc2)C1c1ccc(Cl)c(Cl)c1. The first-order chi connectivity index (χ1) is 16.2. The van der Waals surface area contributed by atoms with E-state index in [4.69, 9.17) is 51.1 Å². The summed E-state index contributed by atoms with van der Waals surface area (Å²) in [5.41, 5.74) is 1.08. The van der Waals surface area contributed by atoms with Gasteiger partial charge in [-0.05, 0) is 41.5 Å². The van der Waals surface area contributed by atoms with Crippen LogP contribution in [0.1, 0.15) is 22.7 Å². The maximum absolute atomic E-state index is 13.2. The lowest BCUT2D eigenvalue weighted by atomic mass is 9.95. The molecule has 1 fully saturated rings. The largest absolute Gasteiger partial charge is 0.507 e. The molecule has 1 unspecified atom stereocenters. The van der Waals surface area contributed by atoms with Crippen LogP contribution in [-0.2, 0) is 16.1 Å². The lowest BCUT2D eigenvalue weighted by molar-refractivity contribution is -0.140. The van der Waals surface area contributed by atoms with Gasteiger partial charge in [0.05, 0.1) is 39.4 Å². The monoisotopic (exact) mass is 536 g/mol. The summed E-state index contributed by atoms with van der Waals surface area (Å²) in [6.45, 7) is 0.0630. The lowest BCUT2D eigenvalue weighted by Crippen LogP contribution is -2.29. The van der Waals surface area contributed by atoms with Gasteiger partial charge in [0, 0.05) is 24.0 Å². The quantitative estimate of drug-likeness (QED) is 0.234. The average Bonchev–Trinajstić information content (AvgIpc) is 3.05. The Morgan fingerprint density at radius 1 is 1.06 bits per heavy atom. The van der Waals surface area contributed by atoms with Gasteiger partial charge in [-0.25, -0.2) is 0 Å². The molecule has 1 atom stereocenters. The number of rotatable bonds is 5. The van der Waals surface area contributed by atoms with Gasteiger partial charge in [0.2, 0.25) is 0 Å². The molecule has 10 heteroatoms. The van der Waals surface area contributed by atoms with Crippen molar-refractivity contribution in [2.75, 3.05) is 7.11 Å². The van der Waals surface area contributed by atoms with Gasteiger partial charge >= 0.3 is 0 Å². The summed E-state index contributed by atoms with van der Waals surface area (Å²) < 4.78 is 5.33. The van der Waals surface area contributed by atoms with Crippen molar-refractivity contribution in [1.29, 1.82) is 0 Å². The van der Waals surface area contributed by atoms with Crippen LogP contribution in [-0.4, -0.2) is 33.8 Å². The zero-order valence-corrected chi connectivity index (χ0v) is 20.6. The number of carbonyl (C=O) groups excluding carboxylic acids is 2. The molecule has 0 saturated carbocycles. The first kappa shape index (κ1) is 24.4. The fourth-order valence-electron chi connectivity index (χ4n) is 3.85. The molecular formula is C24H16Cl4N2O4. The molecule has 1 amide bonds. The number of halogens is 4. The third-order valence-corrected chi connectivity index (χ3v) is 6.58. The van der Waals surface area contributed by atoms with Crippen LogP contribution in [0.5, 0.6) is 5.75 Å². The van der Waals surface area contributed by atoms with Crippen molar-refractivity contribution in [1.82, 2.24) is 9.88 Å². The molecule has 2 aromatic carbocycles. The second-order valence-corrected chi connectivity index (χ2v) is 9.09. The molecule has 0 radical (unpaired) electrons. The van der Waals surface area contributed by atoms with E-state index in [1.807, 2.05) is 0 Å². The number of hydrogen-bond acceptors (Lipinski definition) is 5. The number of aromatic nitrogens is 1. The van der Waals surface area contributed by atoms with Crippen molar-refractivity contribution >= 4 is 63.9 Å². The molecule has 1 aromatic heterocycles. The molecule has 0 aliphatic carbocycles. The van der Waals surface area contributed by atoms with E-state index < -0.39 is 23.5 Å². The van der Waals surface area contributed by atoms with E-state index in [9.17, 15) is 14.7 Å². The van der Waals surface area contributed by atoms with E-state index in [1.54, 1.807) is 42.7 Å². The van der Waals surface area contributed by atoms with E-state index in [0.29, 0.717) is 16.1 Å². The van der Waals surface area contributed by atoms with Gasteiger partial charge in [-0.1, -0.05) is 58.5 Å². The number of aliphatic hydroxyl groups excluding tert-OH is 1. The Balaban J connectivity index is 1.95. The topological polar surface area (TPSA) is 79.7 Å². The van der Waals surface area contributed by atoms with E-state index >= 15 is 0 Å². The summed E-state index contributed by atoms with van der Waals surface area (Å²) in [4.78, 5) is 31.8. The number of Topliss-reactive ketones (excluding diaryl/α,β-unsaturated/α-hetero) is 1. The fourth-order valence-corrected chi connectivity index (χ4v) is 4.73. The van der Waals surface area contributed by atoms with Crippen LogP contribution < -0.4 is 4.74 Å². The molecule has 0 spiro atoms. The molecule has 3 aromatic rings. The standard InChI is InChI=1S/C24H16Cl4N2O4/c1-34-23-15(8-14(25)9-18(23)28)21(31)19-20(13-4-5-16(26)17(27)7-13)30(24(33)22(19)32)11-12-3-2-6-29-10-12/h2-10,20,31H,11H2,1H3/b21-19+. The van der Waals surface area contributed by atoms with E-state index in [-0.39, 0.29) is 38.5 Å². The van der Waals surface area contributed by atoms with Gasteiger partial charge in [0.15, 0.2) is 0 Å². The number of pyridine rings is 1. The number of ketones is 1. The maximum Gasteiger partial charge on any atom is 0.295 e. The highest BCUT2D eigenvalue weighted by Crippen LogP contribution is 2.44. The van der Waals surface area contributed by atoms with Crippen LogP contribution >= 0.6 is 46.4 Å². The highest BCUT2D eigenvalue weighted by molar-refractivity contribution is 6.47. The number of ether oxygens (including phenoxy) is 1. The smallest absolute Gasteiger partial charge is 0.295 e. The highest BCUT2D eigenvalue weighted by atomic mass is 35.5. The number of methoxy groups -OCH3 is 1. The molecule has 1 aliphatic rings. The van der Waals surface area contributed by atoms with Crippen LogP contribution in [0.3, 0.4) is 0 Å². The van der Waals surface area contributed by atoms with Crippen molar-refractivity contribution in [2.24, 2.45) is 0 Å². The summed E-state index contributed by atoms with van der Waals surface area (Å²) in [7, 11) is 1.36. The Labute approximate surface area is 215 Å². The van der Waals surface area contributed by atoms with Crippen molar-refractivity contribution in [3.63, 3.8) is 0 Å².